The van der Waals surface area contributed by atoms with E-state index in [1.807, 2.05) is 37.3 Å². The molecule has 0 aromatic heterocycles. The molecule has 5 heteroatoms. The number of hydrogen-bond donors (Lipinski definition) is 1. The van der Waals surface area contributed by atoms with Crippen molar-refractivity contribution in [2.45, 2.75) is 31.9 Å². The Kier molecular flexibility index (Phi) is 5.74. The molecule has 0 radical (unpaired) electrons. The lowest BCUT2D eigenvalue weighted by atomic mass is 10.1. The molecule has 0 saturated heterocycles. The van der Waals surface area contributed by atoms with E-state index in [1.54, 1.807) is 24.3 Å². The molecule has 26 heavy (non-hydrogen) atoms. The third kappa shape index (κ3) is 4.96. The molecule has 1 amide bonds. The minimum absolute atomic E-state index is 0.192. The van der Waals surface area contributed by atoms with Gasteiger partial charge in [-0.05, 0) is 43.0 Å². The quantitative estimate of drug-likeness (QED) is 0.612. The normalized spacial score (nSPS) is 14.8. The van der Waals surface area contributed by atoms with Gasteiger partial charge in [-0.1, -0.05) is 54.1 Å². The average molecular weight is 370 g/mol. The Balaban J connectivity index is 1.70. The van der Waals surface area contributed by atoms with Crippen LogP contribution in [0.3, 0.4) is 0 Å². The van der Waals surface area contributed by atoms with Gasteiger partial charge in [0, 0.05) is 22.7 Å². The van der Waals surface area contributed by atoms with Crippen molar-refractivity contribution >= 4 is 29.6 Å². The van der Waals surface area contributed by atoms with Gasteiger partial charge in [-0.25, -0.2) is 4.79 Å². The van der Waals surface area contributed by atoms with Crippen LogP contribution in [-0.4, -0.2) is 17.9 Å². The summed E-state index contributed by atoms with van der Waals surface area (Å²) >= 11 is 6.09. The number of ether oxygens (including phenoxy) is 1. The van der Waals surface area contributed by atoms with Crippen LogP contribution in [0.5, 0.6) is 0 Å². The van der Waals surface area contributed by atoms with Crippen molar-refractivity contribution in [1.29, 1.82) is 0 Å². The molecule has 0 heterocycles. The molecular formula is C21H20ClNO3. The first-order chi connectivity index (χ1) is 12.5. The third-order valence-electron chi connectivity index (χ3n) is 4.11. The number of benzene rings is 2. The maximum Gasteiger partial charge on any atom is 0.331 e. The standard InChI is InChI=1S/C21H20ClNO3/c1-14-7-8-15(13-18(14)22)9-12-19(24)26-20(16-5-3-2-4-6-16)21(25)23-17-10-11-17/h2-9,12-13,17,20H,10-11H2,1H3,(H,23,25)/b12-9+/t20-/m0/s1. The number of amides is 1. The van der Waals surface area contributed by atoms with E-state index in [1.165, 1.54) is 6.08 Å². The molecule has 1 aliphatic carbocycles. The highest BCUT2D eigenvalue weighted by molar-refractivity contribution is 6.31. The molecule has 0 unspecified atom stereocenters. The number of nitrogens with one attached hydrogen (secondary N) is 1. The van der Waals surface area contributed by atoms with Gasteiger partial charge in [-0.15, -0.1) is 0 Å². The second-order valence-corrected chi connectivity index (χ2v) is 6.76. The van der Waals surface area contributed by atoms with Crippen LogP contribution in [0.25, 0.3) is 6.08 Å². The second kappa shape index (κ2) is 8.19. The van der Waals surface area contributed by atoms with E-state index in [2.05, 4.69) is 5.32 Å². The molecule has 2 aromatic rings. The summed E-state index contributed by atoms with van der Waals surface area (Å²) < 4.78 is 5.43. The van der Waals surface area contributed by atoms with Gasteiger partial charge in [0.05, 0.1) is 0 Å². The van der Waals surface area contributed by atoms with Crippen LogP contribution in [0, 0.1) is 6.92 Å². The van der Waals surface area contributed by atoms with Crippen LogP contribution in [-0.2, 0) is 14.3 Å². The average Bonchev–Trinajstić information content (AvgIpc) is 3.45. The lowest BCUT2D eigenvalue weighted by Crippen LogP contribution is -2.33. The van der Waals surface area contributed by atoms with Crippen molar-refractivity contribution in [3.8, 4) is 0 Å². The molecule has 1 atom stereocenters. The Bertz CT molecular complexity index is 828. The highest BCUT2D eigenvalue weighted by Gasteiger charge is 2.30. The molecule has 0 spiro atoms. The summed E-state index contributed by atoms with van der Waals surface area (Å²) in [4.78, 5) is 24.7. The van der Waals surface area contributed by atoms with Crippen LogP contribution in [0.15, 0.2) is 54.6 Å². The lowest BCUT2D eigenvalue weighted by molar-refractivity contribution is -0.151. The van der Waals surface area contributed by atoms with Crippen molar-refractivity contribution in [3.05, 3.63) is 76.3 Å². The van der Waals surface area contributed by atoms with Gasteiger partial charge < -0.3 is 10.1 Å². The van der Waals surface area contributed by atoms with Crippen molar-refractivity contribution in [1.82, 2.24) is 5.32 Å². The fraction of sp³-hybridized carbons (Fsp3) is 0.238. The SMILES string of the molecule is Cc1ccc(/C=C/C(=O)O[C@H](C(=O)NC2CC2)c2ccccc2)cc1Cl. The molecule has 1 aliphatic rings. The first kappa shape index (κ1) is 18.2. The molecule has 1 fully saturated rings. The molecule has 2 aromatic carbocycles. The Hall–Kier alpha value is -2.59. The van der Waals surface area contributed by atoms with Crippen molar-refractivity contribution in [2.75, 3.05) is 0 Å². The van der Waals surface area contributed by atoms with Crippen LogP contribution in [0.2, 0.25) is 5.02 Å². The summed E-state index contributed by atoms with van der Waals surface area (Å²) in [5.74, 6) is -0.875. The minimum atomic E-state index is -0.962. The van der Waals surface area contributed by atoms with Gasteiger partial charge in [0.15, 0.2) is 0 Å². The number of carbonyl (C=O) groups is 2. The zero-order valence-electron chi connectivity index (χ0n) is 14.4. The topological polar surface area (TPSA) is 55.4 Å². The largest absolute Gasteiger partial charge is 0.444 e. The molecule has 1 N–H and O–H groups in total. The van der Waals surface area contributed by atoms with Crippen molar-refractivity contribution in [3.63, 3.8) is 0 Å². The van der Waals surface area contributed by atoms with Crippen LogP contribution in [0.1, 0.15) is 35.6 Å². The van der Waals surface area contributed by atoms with E-state index >= 15 is 0 Å². The van der Waals surface area contributed by atoms with E-state index in [0.29, 0.717) is 10.6 Å². The van der Waals surface area contributed by atoms with E-state index in [9.17, 15) is 9.59 Å². The maximum absolute atomic E-state index is 12.5. The van der Waals surface area contributed by atoms with Gasteiger partial charge in [-0.2, -0.15) is 0 Å². The molecule has 0 aliphatic heterocycles. The van der Waals surface area contributed by atoms with E-state index in [4.69, 9.17) is 16.3 Å². The van der Waals surface area contributed by atoms with Gasteiger partial charge in [-0.3, -0.25) is 4.79 Å². The third-order valence-corrected chi connectivity index (χ3v) is 4.51. The summed E-state index contributed by atoms with van der Waals surface area (Å²) in [6.07, 6.45) is 3.90. The lowest BCUT2D eigenvalue weighted by Gasteiger charge is -2.17. The van der Waals surface area contributed by atoms with Crippen LogP contribution < -0.4 is 5.32 Å². The zero-order chi connectivity index (χ0) is 18.5. The molecular weight excluding hydrogens is 350 g/mol. The first-order valence-electron chi connectivity index (χ1n) is 8.53. The molecule has 134 valence electrons. The predicted octanol–water partition coefficient (Wildman–Crippen LogP) is 4.22. The number of hydrogen-bond acceptors (Lipinski definition) is 3. The summed E-state index contributed by atoms with van der Waals surface area (Å²) in [5, 5.41) is 3.52. The first-order valence-corrected chi connectivity index (χ1v) is 8.91. The minimum Gasteiger partial charge on any atom is -0.444 e. The second-order valence-electron chi connectivity index (χ2n) is 6.35. The van der Waals surface area contributed by atoms with Crippen LogP contribution >= 0.6 is 11.6 Å². The van der Waals surface area contributed by atoms with Gasteiger partial charge >= 0.3 is 5.97 Å². The molecule has 4 nitrogen and oxygen atoms in total. The predicted molar refractivity (Wildman–Crippen MR) is 102 cm³/mol. The fourth-order valence-corrected chi connectivity index (χ4v) is 2.63. The molecule has 3 rings (SSSR count). The Morgan fingerprint density at radius 3 is 2.58 bits per heavy atom. The monoisotopic (exact) mass is 369 g/mol. The highest BCUT2D eigenvalue weighted by Crippen LogP contribution is 2.23. The van der Waals surface area contributed by atoms with Crippen molar-refractivity contribution in [2.24, 2.45) is 0 Å². The Morgan fingerprint density at radius 1 is 1.19 bits per heavy atom. The van der Waals surface area contributed by atoms with E-state index in [0.717, 1.165) is 24.0 Å². The zero-order valence-corrected chi connectivity index (χ0v) is 15.2. The number of halogens is 1. The smallest absolute Gasteiger partial charge is 0.331 e. The van der Waals surface area contributed by atoms with Crippen LogP contribution in [0.4, 0.5) is 0 Å². The van der Waals surface area contributed by atoms with E-state index < -0.39 is 12.1 Å². The maximum atomic E-state index is 12.5. The number of carbonyl (C=O) groups excluding carboxylic acids is 2. The van der Waals surface area contributed by atoms with Gasteiger partial charge in [0.2, 0.25) is 6.10 Å². The summed E-state index contributed by atoms with van der Waals surface area (Å²) in [6, 6.07) is 14.7. The van der Waals surface area contributed by atoms with Crippen molar-refractivity contribution < 1.29 is 14.3 Å². The summed E-state index contributed by atoms with van der Waals surface area (Å²) in [6.45, 7) is 1.91. The van der Waals surface area contributed by atoms with Gasteiger partial charge in [0.25, 0.3) is 5.91 Å². The van der Waals surface area contributed by atoms with E-state index in [-0.39, 0.29) is 11.9 Å². The highest BCUT2D eigenvalue weighted by atomic mass is 35.5. The fourth-order valence-electron chi connectivity index (χ4n) is 2.44. The Morgan fingerprint density at radius 2 is 1.92 bits per heavy atom. The number of esters is 1. The number of aryl methyl sites for hydroxylation is 1. The summed E-state index contributed by atoms with van der Waals surface area (Å²) in [7, 11) is 0. The molecule has 1 saturated carbocycles. The summed E-state index contributed by atoms with van der Waals surface area (Å²) in [5.41, 5.74) is 2.40. The molecule has 0 bridgehead atoms. The number of rotatable bonds is 6. The van der Waals surface area contributed by atoms with Gasteiger partial charge in [0.1, 0.15) is 0 Å². The Labute approximate surface area is 157 Å².